The van der Waals surface area contributed by atoms with Crippen molar-refractivity contribution in [2.45, 2.75) is 18.4 Å². The lowest BCUT2D eigenvalue weighted by Crippen LogP contribution is -2.26. The van der Waals surface area contributed by atoms with Gasteiger partial charge in [-0.05, 0) is 41.6 Å². The summed E-state index contributed by atoms with van der Waals surface area (Å²) in [5.74, 6) is 1.20. The van der Waals surface area contributed by atoms with E-state index in [1.165, 1.54) is 5.56 Å². The Bertz CT molecular complexity index is 868. The quantitative estimate of drug-likeness (QED) is 0.775. The number of hydrogen-bond donors (Lipinski definition) is 2. The molecular weight excluding hydrogens is 288 g/mol. The smallest absolute Gasteiger partial charge is 0.251 e. The Morgan fingerprint density at radius 2 is 2.09 bits per heavy atom. The Morgan fingerprint density at radius 1 is 1.22 bits per heavy atom. The normalized spacial score (nSPS) is 19.5. The van der Waals surface area contributed by atoms with Gasteiger partial charge < -0.3 is 15.0 Å². The van der Waals surface area contributed by atoms with Gasteiger partial charge in [0.25, 0.3) is 5.91 Å². The summed E-state index contributed by atoms with van der Waals surface area (Å²) in [6, 6.07) is 15.9. The Kier molecular flexibility index (Phi) is 3.30. The molecule has 23 heavy (non-hydrogen) atoms. The number of amides is 1. The predicted molar refractivity (Wildman–Crippen MR) is 89.9 cm³/mol. The summed E-state index contributed by atoms with van der Waals surface area (Å²) in [6.07, 6.45) is 2.84. The van der Waals surface area contributed by atoms with E-state index in [2.05, 4.69) is 16.4 Å². The highest BCUT2D eigenvalue weighted by Gasteiger charge is 2.41. The summed E-state index contributed by atoms with van der Waals surface area (Å²) >= 11 is 0. The number of carbonyl (C=O) groups excluding carboxylic acids is 1. The van der Waals surface area contributed by atoms with E-state index in [0.717, 1.165) is 23.1 Å². The van der Waals surface area contributed by atoms with Crippen LogP contribution in [0.5, 0.6) is 5.75 Å². The lowest BCUT2D eigenvalue weighted by molar-refractivity contribution is 0.0950. The van der Waals surface area contributed by atoms with Gasteiger partial charge in [-0.1, -0.05) is 24.3 Å². The molecule has 1 aliphatic carbocycles. The van der Waals surface area contributed by atoms with Crippen molar-refractivity contribution in [1.29, 1.82) is 0 Å². The lowest BCUT2D eigenvalue weighted by Gasteiger charge is -2.09. The van der Waals surface area contributed by atoms with Crippen LogP contribution >= 0.6 is 0 Å². The van der Waals surface area contributed by atoms with Crippen LogP contribution in [-0.2, 0) is 0 Å². The number of nitrogens with one attached hydrogen (secondary N) is 2. The molecule has 4 nitrogen and oxygen atoms in total. The summed E-state index contributed by atoms with van der Waals surface area (Å²) in [7, 11) is 1.68. The number of H-pyrrole nitrogens is 1. The van der Waals surface area contributed by atoms with Crippen LogP contribution < -0.4 is 10.1 Å². The molecule has 1 fully saturated rings. The van der Waals surface area contributed by atoms with Crippen molar-refractivity contribution in [1.82, 2.24) is 10.3 Å². The van der Waals surface area contributed by atoms with Crippen molar-refractivity contribution in [2.24, 2.45) is 0 Å². The highest BCUT2D eigenvalue weighted by Crippen LogP contribution is 2.44. The monoisotopic (exact) mass is 306 g/mol. The zero-order chi connectivity index (χ0) is 15.8. The summed E-state index contributed by atoms with van der Waals surface area (Å²) < 4.78 is 5.41. The zero-order valence-electron chi connectivity index (χ0n) is 12.9. The second-order valence-electron chi connectivity index (χ2n) is 5.94. The molecule has 3 aromatic rings. The number of hydrogen-bond acceptors (Lipinski definition) is 2. The third kappa shape index (κ3) is 2.57. The molecule has 0 saturated heterocycles. The molecule has 0 unspecified atom stereocenters. The van der Waals surface area contributed by atoms with Crippen LogP contribution in [-0.4, -0.2) is 24.0 Å². The van der Waals surface area contributed by atoms with Crippen LogP contribution in [0.2, 0.25) is 0 Å². The molecule has 1 aromatic heterocycles. The van der Waals surface area contributed by atoms with Crippen molar-refractivity contribution in [2.75, 3.05) is 7.11 Å². The molecule has 2 aromatic carbocycles. The summed E-state index contributed by atoms with van der Waals surface area (Å²) in [4.78, 5) is 15.6. The minimum absolute atomic E-state index is 0.0242. The van der Waals surface area contributed by atoms with E-state index < -0.39 is 0 Å². The molecule has 116 valence electrons. The molecule has 1 aliphatic rings. The second-order valence-corrected chi connectivity index (χ2v) is 5.94. The molecule has 4 heteroatoms. The summed E-state index contributed by atoms with van der Waals surface area (Å²) in [5, 5.41) is 4.23. The first kappa shape index (κ1) is 13.9. The van der Waals surface area contributed by atoms with Crippen molar-refractivity contribution < 1.29 is 9.53 Å². The fraction of sp³-hybridized carbons (Fsp3) is 0.211. The number of carbonyl (C=O) groups is 1. The van der Waals surface area contributed by atoms with Gasteiger partial charge in [-0.3, -0.25) is 4.79 Å². The number of aromatic amines is 1. The third-order valence-corrected chi connectivity index (χ3v) is 4.46. The number of para-hydroxylation sites is 1. The minimum Gasteiger partial charge on any atom is -0.496 e. The number of rotatable bonds is 4. The van der Waals surface area contributed by atoms with Crippen LogP contribution in [0.15, 0.2) is 54.7 Å². The fourth-order valence-electron chi connectivity index (χ4n) is 3.11. The Labute approximate surface area is 134 Å². The summed E-state index contributed by atoms with van der Waals surface area (Å²) in [6.45, 7) is 0. The van der Waals surface area contributed by atoms with Crippen molar-refractivity contribution in [3.05, 3.63) is 65.9 Å². The van der Waals surface area contributed by atoms with Crippen LogP contribution in [0, 0.1) is 0 Å². The summed E-state index contributed by atoms with van der Waals surface area (Å²) in [5.41, 5.74) is 2.83. The average Bonchev–Trinajstić information content (AvgIpc) is 3.18. The standard InChI is InChI=1S/C19H18N2O2/c1-23-18-5-3-2-4-14(18)15-11-17(15)21-19(22)13-7-6-12-8-9-20-16(12)10-13/h2-10,15,17,20H,11H2,1H3,(H,21,22)/t15-,17+/m1/s1. The Morgan fingerprint density at radius 3 is 2.96 bits per heavy atom. The molecule has 0 aliphatic heterocycles. The van der Waals surface area contributed by atoms with Crippen LogP contribution in [0.3, 0.4) is 0 Å². The number of ether oxygens (including phenoxy) is 1. The van der Waals surface area contributed by atoms with Gasteiger partial charge in [0.1, 0.15) is 5.75 Å². The SMILES string of the molecule is COc1ccccc1[C@H]1C[C@@H]1NC(=O)c1ccc2cc[nH]c2c1. The van der Waals surface area contributed by atoms with Crippen LogP contribution in [0.4, 0.5) is 0 Å². The highest BCUT2D eigenvalue weighted by molar-refractivity contribution is 5.98. The lowest BCUT2D eigenvalue weighted by atomic mass is 10.1. The largest absolute Gasteiger partial charge is 0.496 e. The predicted octanol–water partition coefficient (Wildman–Crippen LogP) is 3.46. The fourth-order valence-corrected chi connectivity index (χ4v) is 3.11. The van der Waals surface area contributed by atoms with Gasteiger partial charge in [-0.25, -0.2) is 0 Å². The van der Waals surface area contributed by atoms with Gasteiger partial charge in [0.2, 0.25) is 0 Å². The number of aromatic nitrogens is 1. The van der Waals surface area contributed by atoms with Crippen molar-refractivity contribution in [3.8, 4) is 5.75 Å². The average molecular weight is 306 g/mol. The van der Waals surface area contributed by atoms with E-state index >= 15 is 0 Å². The van der Waals surface area contributed by atoms with Gasteiger partial charge >= 0.3 is 0 Å². The van der Waals surface area contributed by atoms with Crippen molar-refractivity contribution in [3.63, 3.8) is 0 Å². The van der Waals surface area contributed by atoms with E-state index in [1.807, 2.05) is 48.7 Å². The first-order valence-corrected chi connectivity index (χ1v) is 7.77. The van der Waals surface area contributed by atoms with Gasteiger partial charge in [0, 0.05) is 29.2 Å². The second kappa shape index (κ2) is 5.47. The minimum atomic E-state index is -0.0242. The van der Waals surface area contributed by atoms with Crippen molar-refractivity contribution >= 4 is 16.8 Å². The number of methoxy groups -OCH3 is 1. The molecule has 0 spiro atoms. The molecule has 1 amide bonds. The van der Waals surface area contributed by atoms with E-state index in [9.17, 15) is 4.79 Å². The maximum Gasteiger partial charge on any atom is 0.251 e. The van der Waals surface area contributed by atoms with Gasteiger partial charge in [0.05, 0.1) is 7.11 Å². The first-order valence-electron chi connectivity index (χ1n) is 7.77. The Balaban J connectivity index is 1.48. The van der Waals surface area contributed by atoms with E-state index in [1.54, 1.807) is 7.11 Å². The Hall–Kier alpha value is -2.75. The maximum atomic E-state index is 12.4. The third-order valence-electron chi connectivity index (χ3n) is 4.46. The topological polar surface area (TPSA) is 54.1 Å². The van der Waals surface area contributed by atoms with E-state index in [-0.39, 0.29) is 11.9 Å². The van der Waals surface area contributed by atoms with Gasteiger partial charge in [-0.15, -0.1) is 0 Å². The molecule has 2 N–H and O–H groups in total. The zero-order valence-corrected chi connectivity index (χ0v) is 12.9. The number of fused-ring (bicyclic) bond motifs is 1. The number of benzene rings is 2. The molecule has 1 heterocycles. The molecule has 2 atom stereocenters. The van der Waals surface area contributed by atoms with Gasteiger partial charge in [0.15, 0.2) is 0 Å². The first-order chi connectivity index (χ1) is 11.3. The van der Waals surface area contributed by atoms with Crippen LogP contribution in [0.25, 0.3) is 10.9 Å². The maximum absolute atomic E-state index is 12.4. The molecular formula is C19H18N2O2. The van der Waals surface area contributed by atoms with E-state index in [0.29, 0.717) is 11.5 Å². The molecule has 0 bridgehead atoms. The molecule has 0 radical (unpaired) electrons. The van der Waals surface area contributed by atoms with Crippen LogP contribution in [0.1, 0.15) is 28.3 Å². The molecule has 4 rings (SSSR count). The van der Waals surface area contributed by atoms with E-state index in [4.69, 9.17) is 4.74 Å². The van der Waals surface area contributed by atoms with Gasteiger partial charge in [-0.2, -0.15) is 0 Å². The molecule has 1 saturated carbocycles. The highest BCUT2D eigenvalue weighted by atomic mass is 16.5.